The third-order valence-corrected chi connectivity index (χ3v) is 8.67. The highest BCUT2D eigenvalue weighted by molar-refractivity contribution is 8.09. The van der Waals surface area contributed by atoms with Crippen LogP contribution in [-0.4, -0.2) is 40.1 Å². The standard InChI is InChI=1S/C14H14N2O5S4/c1-24(18,19)16(25(2,20)21)11-7-9-3-4-12(17)10(9)8-13(11)23-14-15-5-6-22-14/h5-8H,3-4H2,1-2H3. The third-order valence-electron chi connectivity index (χ3n) is 3.51. The SMILES string of the molecule is CS(=O)(=O)N(c1cc2c(cc1Sc1nccs1)C(=O)CC2)S(C)(=O)=O. The molecule has 0 fully saturated rings. The molecule has 0 aliphatic heterocycles. The Morgan fingerprint density at radius 3 is 2.36 bits per heavy atom. The van der Waals surface area contributed by atoms with E-state index in [2.05, 4.69) is 4.98 Å². The molecule has 0 saturated heterocycles. The summed E-state index contributed by atoms with van der Waals surface area (Å²) in [6.45, 7) is 0. The smallest absolute Gasteiger partial charge is 0.245 e. The van der Waals surface area contributed by atoms with Crippen molar-refractivity contribution >= 4 is 54.6 Å². The molecule has 1 aromatic carbocycles. The van der Waals surface area contributed by atoms with Gasteiger partial charge in [0.05, 0.1) is 18.2 Å². The third kappa shape index (κ3) is 3.73. The average molecular weight is 419 g/mol. The minimum Gasteiger partial charge on any atom is -0.294 e. The fourth-order valence-electron chi connectivity index (χ4n) is 2.64. The van der Waals surface area contributed by atoms with E-state index in [1.165, 1.54) is 17.4 Å². The molecule has 0 unspecified atom stereocenters. The largest absolute Gasteiger partial charge is 0.294 e. The van der Waals surface area contributed by atoms with Crippen molar-refractivity contribution in [3.63, 3.8) is 0 Å². The number of carbonyl (C=O) groups is 1. The second-order valence-electron chi connectivity index (χ2n) is 5.52. The quantitative estimate of drug-likeness (QED) is 0.733. The van der Waals surface area contributed by atoms with Crippen LogP contribution in [0.5, 0.6) is 0 Å². The fourth-order valence-corrected chi connectivity index (χ4v) is 7.46. The average Bonchev–Trinajstić information content (AvgIpc) is 3.07. The lowest BCUT2D eigenvalue weighted by atomic mass is 10.1. The highest BCUT2D eigenvalue weighted by atomic mass is 32.3. The van der Waals surface area contributed by atoms with Gasteiger partial charge in [0.25, 0.3) is 0 Å². The minimum atomic E-state index is -4.08. The number of sulfonamides is 2. The molecular formula is C14H14N2O5S4. The van der Waals surface area contributed by atoms with E-state index in [1.807, 2.05) is 0 Å². The minimum absolute atomic E-state index is 0.0265. The zero-order valence-electron chi connectivity index (χ0n) is 13.3. The first kappa shape index (κ1) is 18.4. The lowest BCUT2D eigenvalue weighted by Crippen LogP contribution is -2.35. The molecule has 1 aromatic heterocycles. The molecule has 1 aliphatic carbocycles. The van der Waals surface area contributed by atoms with Gasteiger partial charge in [-0.1, -0.05) is 11.8 Å². The second kappa shape index (κ2) is 6.38. The number of aromatic nitrogens is 1. The van der Waals surface area contributed by atoms with Gasteiger partial charge in [0.2, 0.25) is 20.0 Å². The Labute approximate surface area is 154 Å². The molecule has 25 heavy (non-hydrogen) atoms. The van der Waals surface area contributed by atoms with Crippen LogP contribution in [0.4, 0.5) is 5.69 Å². The van der Waals surface area contributed by atoms with Crippen molar-refractivity contribution in [3.05, 3.63) is 34.8 Å². The van der Waals surface area contributed by atoms with Gasteiger partial charge >= 0.3 is 0 Å². The van der Waals surface area contributed by atoms with Crippen LogP contribution in [0.2, 0.25) is 0 Å². The molecule has 0 amide bonds. The van der Waals surface area contributed by atoms with Crippen molar-refractivity contribution in [1.82, 2.24) is 4.98 Å². The summed E-state index contributed by atoms with van der Waals surface area (Å²) in [4.78, 5) is 16.5. The summed E-state index contributed by atoms with van der Waals surface area (Å²) in [6, 6.07) is 3.05. The maximum atomic E-state index is 12.2. The zero-order chi connectivity index (χ0) is 18.4. The first-order valence-electron chi connectivity index (χ1n) is 7.05. The number of anilines is 1. The van der Waals surface area contributed by atoms with E-state index < -0.39 is 20.0 Å². The Hall–Kier alpha value is -1.43. The summed E-state index contributed by atoms with van der Waals surface area (Å²) >= 11 is 2.47. The maximum Gasteiger partial charge on any atom is 0.245 e. The second-order valence-corrected chi connectivity index (χ2v) is 11.6. The molecule has 0 spiro atoms. The first-order chi connectivity index (χ1) is 11.6. The van der Waals surface area contributed by atoms with Crippen molar-refractivity contribution in [1.29, 1.82) is 0 Å². The molecule has 0 saturated carbocycles. The Bertz CT molecular complexity index is 1010. The fraction of sp³-hybridized carbons (Fsp3) is 0.286. The van der Waals surface area contributed by atoms with Gasteiger partial charge in [0.15, 0.2) is 10.1 Å². The number of ketones is 1. The van der Waals surface area contributed by atoms with Crippen LogP contribution in [0.1, 0.15) is 22.3 Å². The van der Waals surface area contributed by atoms with Gasteiger partial charge in [0, 0.05) is 28.5 Å². The Kier molecular flexibility index (Phi) is 4.69. The van der Waals surface area contributed by atoms with Crippen molar-refractivity contribution in [3.8, 4) is 0 Å². The molecule has 1 heterocycles. The highest BCUT2D eigenvalue weighted by Gasteiger charge is 2.32. The van der Waals surface area contributed by atoms with E-state index >= 15 is 0 Å². The summed E-state index contributed by atoms with van der Waals surface area (Å²) in [5.41, 5.74) is 1.18. The molecule has 2 aromatic rings. The molecule has 11 heteroatoms. The van der Waals surface area contributed by atoms with Crippen LogP contribution in [0, 0.1) is 0 Å². The number of fused-ring (bicyclic) bond motifs is 1. The van der Waals surface area contributed by atoms with E-state index in [-0.39, 0.29) is 11.5 Å². The molecule has 7 nitrogen and oxygen atoms in total. The molecule has 134 valence electrons. The topological polar surface area (TPSA) is 101 Å². The Balaban J connectivity index is 2.25. The maximum absolute atomic E-state index is 12.2. The predicted octanol–water partition coefficient (Wildman–Crippen LogP) is 2.15. The van der Waals surface area contributed by atoms with Crippen LogP contribution in [0.25, 0.3) is 0 Å². The van der Waals surface area contributed by atoms with Crippen LogP contribution in [0.15, 0.2) is 32.9 Å². The lowest BCUT2D eigenvalue weighted by molar-refractivity contribution is 0.0994. The van der Waals surface area contributed by atoms with Gasteiger partial charge in [-0.2, -0.15) is 3.71 Å². The normalized spacial score (nSPS) is 14.6. The molecular weight excluding hydrogens is 404 g/mol. The monoisotopic (exact) mass is 418 g/mol. The molecule has 0 radical (unpaired) electrons. The Morgan fingerprint density at radius 1 is 1.12 bits per heavy atom. The number of nitrogens with zero attached hydrogens (tertiary/aromatic N) is 2. The van der Waals surface area contributed by atoms with Gasteiger partial charge in [0.1, 0.15) is 0 Å². The highest BCUT2D eigenvalue weighted by Crippen LogP contribution is 2.41. The number of thiazole rings is 1. The summed E-state index contributed by atoms with van der Waals surface area (Å²) in [7, 11) is -8.16. The van der Waals surface area contributed by atoms with Gasteiger partial charge in [-0.3, -0.25) is 4.79 Å². The van der Waals surface area contributed by atoms with E-state index in [9.17, 15) is 21.6 Å². The summed E-state index contributed by atoms with van der Waals surface area (Å²) < 4.78 is 49.7. The summed E-state index contributed by atoms with van der Waals surface area (Å²) in [6.07, 6.45) is 4.06. The molecule has 0 atom stereocenters. The Morgan fingerprint density at radius 2 is 1.80 bits per heavy atom. The number of hydrogen-bond acceptors (Lipinski definition) is 8. The lowest BCUT2D eigenvalue weighted by Gasteiger charge is -2.23. The van der Waals surface area contributed by atoms with Crippen LogP contribution >= 0.6 is 23.1 Å². The van der Waals surface area contributed by atoms with E-state index in [0.29, 0.717) is 36.9 Å². The van der Waals surface area contributed by atoms with Crippen molar-refractivity contribution in [2.75, 3.05) is 16.2 Å². The van der Waals surface area contributed by atoms with E-state index in [0.717, 1.165) is 24.3 Å². The summed E-state index contributed by atoms with van der Waals surface area (Å²) in [5, 5.41) is 1.76. The number of benzene rings is 1. The van der Waals surface area contributed by atoms with E-state index in [4.69, 9.17) is 0 Å². The zero-order valence-corrected chi connectivity index (χ0v) is 16.6. The van der Waals surface area contributed by atoms with Gasteiger partial charge in [-0.25, -0.2) is 21.8 Å². The number of hydrogen-bond donors (Lipinski definition) is 0. The molecule has 0 N–H and O–H groups in total. The number of carbonyl (C=O) groups excluding carboxylic acids is 1. The van der Waals surface area contributed by atoms with Crippen LogP contribution in [-0.2, 0) is 26.5 Å². The summed E-state index contributed by atoms with van der Waals surface area (Å²) in [5.74, 6) is -0.0344. The molecule has 1 aliphatic rings. The number of aryl methyl sites for hydroxylation is 1. The van der Waals surface area contributed by atoms with Gasteiger partial charge < -0.3 is 0 Å². The van der Waals surface area contributed by atoms with Crippen LogP contribution in [0.3, 0.4) is 0 Å². The predicted molar refractivity (Wildman–Crippen MR) is 97.5 cm³/mol. The number of Topliss-reactive ketones (excluding diaryl/α,β-unsaturated/α-hetero) is 1. The van der Waals surface area contributed by atoms with Gasteiger partial charge in [-0.15, -0.1) is 11.3 Å². The van der Waals surface area contributed by atoms with Crippen molar-refractivity contribution < 1.29 is 21.6 Å². The van der Waals surface area contributed by atoms with Crippen LogP contribution < -0.4 is 3.71 Å². The number of rotatable bonds is 5. The molecule has 3 rings (SSSR count). The van der Waals surface area contributed by atoms with Crippen molar-refractivity contribution in [2.45, 2.75) is 22.1 Å². The molecule has 0 bridgehead atoms. The first-order valence-corrected chi connectivity index (χ1v) is 12.4. The van der Waals surface area contributed by atoms with Gasteiger partial charge in [-0.05, 0) is 24.1 Å². The van der Waals surface area contributed by atoms with Crippen molar-refractivity contribution in [2.24, 2.45) is 0 Å². The van der Waals surface area contributed by atoms with E-state index in [1.54, 1.807) is 17.6 Å².